The van der Waals surface area contributed by atoms with Gasteiger partial charge in [-0.1, -0.05) is 0 Å². The van der Waals surface area contributed by atoms with Gasteiger partial charge in [0, 0.05) is 9.17 Å². The molecule has 0 aromatic carbocycles. The Morgan fingerprint density at radius 2 is 1.09 bits per heavy atom. The molecule has 0 aliphatic heterocycles. The molecule has 0 aromatic heterocycles. The van der Waals surface area contributed by atoms with Crippen LogP contribution in [0.1, 0.15) is 0 Å². The van der Waals surface area contributed by atoms with Crippen LogP contribution in [0.5, 0.6) is 0 Å². The predicted molar refractivity (Wildman–Crippen MR) is 13.6 cm³/mol. The van der Waals surface area contributed by atoms with Gasteiger partial charge in [0.15, 0.2) is 0 Å². The molecule has 0 aliphatic rings. The van der Waals surface area contributed by atoms with E-state index < -0.39 is 25.9 Å². The molecule has 0 spiro atoms. The fourth-order valence-electron chi connectivity index (χ4n) is 0. The van der Waals surface area contributed by atoms with E-state index in [2.05, 4.69) is 0 Å². The summed E-state index contributed by atoms with van der Waals surface area (Å²) < 4.78 is 43.0. The summed E-state index contributed by atoms with van der Waals surface area (Å²) in [6.07, 6.45) is 0. The summed E-state index contributed by atoms with van der Waals surface area (Å²) in [6.45, 7) is 0. The van der Waals surface area contributed by atoms with Crippen molar-refractivity contribution in [3.8, 4) is 0 Å². The van der Waals surface area contributed by atoms with Crippen LogP contribution in [-0.2, 0) is 47.5 Å². The number of rotatable bonds is 0. The van der Waals surface area contributed by atoms with Crippen molar-refractivity contribution in [3.63, 3.8) is 0 Å². The van der Waals surface area contributed by atoms with Crippen LogP contribution in [-0.4, -0.2) is 32.2 Å². The number of hydrogen-bond donors (Lipinski definition) is 0. The standard InChI is InChI=1S/Mg.Mo.O3Si.4O.Zn/c;;1-4(2)3;;;;;/q+2;;-2;;;2*-1;+2. The Labute approximate surface area is 96.0 Å². The van der Waals surface area contributed by atoms with Crippen molar-refractivity contribution in [1.82, 2.24) is 0 Å². The molecule has 56 valence electrons. The van der Waals surface area contributed by atoms with E-state index in [1.807, 2.05) is 0 Å². The van der Waals surface area contributed by atoms with E-state index in [9.17, 15) is 0 Å². The van der Waals surface area contributed by atoms with Crippen LogP contribution in [0.25, 0.3) is 0 Å². The van der Waals surface area contributed by atoms with Crippen LogP contribution in [0.3, 0.4) is 0 Å². The molecule has 0 amide bonds. The molecule has 0 unspecified atom stereocenters. The van der Waals surface area contributed by atoms with Gasteiger partial charge in [-0.15, -0.1) is 0 Å². The Balaban J connectivity index is -0.0000000383. The molecule has 0 bridgehead atoms. The zero-order valence-corrected chi connectivity index (χ0v) is 12.6. The Bertz CT molecular complexity index is 161. The third kappa shape index (κ3) is 645. The summed E-state index contributed by atoms with van der Waals surface area (Å²) in [7, 11) is -3.63. The maximum atomic E-state index is 8.63. The van der Waals surface area contributed by atoms with E-state index >= 15 is 0 Å². The molecule has 0 radical (unpaired) electrons. The second kappa shape index (κ2) is 11.2. The molecule has 0 fully saturated rings. The zero-order chi connectivity index (χ0) is 8.08. The SMILES string of the molecule is O=[Si]([O-])[O-].[Mg+2].[O]=[Mo](=[O])([O-])[O-].[Zn+2]. The van der Waals surface area contributed by atoms with Crippen molar-refractivity contribution in [2.45, 2.75) is 0 Å². The van der Waals surface area contributed by atoms with E-state index in [1.54, 1.807) is 0 Å². The molecule has 11 heteroatoms. The third-order valence-electron chi connectivity index (χ3n) is 0. The van der Waals surface area contributed by atoms with Gasteiger partial charge in [0.2, 0.25) is 0 Å². The molecular formula is MgMoO7SiZn. The Morgan fingerprint density at radius 1 is 1.09 bits per heavy atom. The maximum Gasteiger partial charge on any atom is 2.00 e. The molecule has 0 rings (SSSR count). The van der Waals surface area contributed by atoms with E-state index in [4.69, 9.17) is 28.4 Å². The molecular weight excluding hydrogens is 326 g/mol. The Kier molecular flexibility index (Phi) is 23.2. The Morgan fingerprint density at radius 3 is 1.09 bits per heavy atom. The van der Waals surface area contributed by atoms with Gasteiger partial charge in [-0.2, -0.15) is 0 Å². The maximum absolute atomic E-state index is 8.63. The minimum atomic E-state index is -6.02. The van der Waals surface area contributed by atoms with Crippen molar-refractivity contribution in [2.24, 2.45) is 0 Å². The Hall–Kier alpha value is 1.21. The molecule has 0 atom stereocenters. The molecule has 0 saturated carbocycles. The van der Waals surface area contributed by atoms with E-state index in [-0.39, 0.29) is 42.5 Å². The molecule has 0 heterocycles. The molecule has 0 N–H and O–H groups in total. The first-order chi connectivity index (χ1) is 3.73. The fraction of sp³-hybridized carbons (Fsp3) is 0. The van der Waals surface area contributed by atoms with Crippen LogP contribution in [0, 0.1) is 0 Å². The van der Waals surface area contributed by atoms with Crippen LogP contribution in [0.15, 0.2) is 0 Å². The summed E-state index contributed by atoms with van der Waals surface area (Å²) in [6, 6.07) is 0. The average Bonchev–Trinajstić information content (AvgIpc) is 1.19. The first-order valence-electron chi connectivity index (χ1n) is 1.28. The van der Waals surface area contributed by atoms with Crippen molar-refractivity contribution in [3.05, 3.63) is 0 Å². The van der Waals surface area contributed by atoms with Gasteiger partial charge in [-0.25, -0.2) is 0 Å². The fourth-order valence-corrected chi connectivity index (χ4v) is 0. The summed E-state index contributed by atoms with van der Waals surface area (Å²) in [5.41, 5.74) is 0. The van der Waals surface area contributed by atoms with Gasteiger partial charge < -0.3 is 14.1 Å². The van der Waals surface area contributed by atoms with Crippen LogP contribution in [0.4, 0.5) is 0 Å². The van der Waals surface area contributed by atoms with Crippen molar-refractivity contribution >= 4 is 32.2 Å². The summed E-state index contributed by atoms with van der Waals surface area (Å²) in [5, 5.41) is 0. The first-order valence-corrected chi connectivity index (χ1v) is 5.78. The second-order valence-corrected chi connectivity index (χ2v) is 3.17. The zero-order valence-electron chi connectivity index (χ0n) is 5.18. The van der Waals surface area contributed by atoms with Crippen molar-refractivity contribution < 1.29 is 64.6 Å². The first kappa shape index (κ1) is 22.8. The summed E-state index contributed by atoms with van der Waals surface area (Å²) in [5.74, 6) is 0. The van der Waals surface area contributed by atoms with Gasteiger partial charge in [0.25, 0.3) is 0 Å². The largest absolute Gasteiger partial charge is 2.00 e. The molecule has 7 nitrogen and oxygen atoms in total. The minimum Gasteiger partial charge on any atom is 2.00 e. The number of hydrogen-bond acceptors (Lipinski definition) is 7. The predicted octanol–water partition coefficient (Wildman–Crippen LogP) is -5.88. The average molecular weight is 326 g/mol. The van der Waals surface area contributed by atoms with Crippen LogP contribution in [0.2, 0.25) is 0 Å². The van der Waals surface area contributed by atoms with E-state index in [1.165, 1.54) is 0 Å². The molecule has 0 aromatic rings. The van der Waals surface area contributed by atoms with Gasteiger partial charge >= 0.3 is 73.6 Å². The topological polar surface area (TPSA) is 143 Å². The van der Waals surface area contributed by atoms with Gasteiger partial charge in [0.05, 0.1) is 0 Å². The molecule has 11 heavy (non-hydrogen) atoms. The second-order valence-electron chi connectivity index (χ2n) is 0.658. The van der Waals surface area contributed by atoms with Crippen molar-refractivity contribution in [2.75, 3.05) is 0 Å². The van der Waals surface area contributed by atoms with Crippen LogP contribution < -0.4 is 17.1 Å². The van der Waals surface area contributed by atoms with Crippen LogP contribution >= 0.6 is 0 Å². The summed E-state index contributed by atoms with van der Waals surface area (Å²) >= 11 is -6.02. The summed E-state index contributed by atoms with van der Waals surface area (Å²) in [4.78, 5) is 17.0. The quantitative estimate of drug-likeness (QED) is 0.403. The van der Waals surface area contributed by atoms with Gasteiger partial charge in [-0.05, 0) is 0 Å². The minimum absolute atomic E-state index is 0. The smallest absolute Gasteiger partial charge is 2.00 e. The van der Waals surface area contributed by atoms with Gasteiger partial charge in [-0.3, -0.25) is 0 Å². The third-order valence-corrected chi connectivity index (χ3v) is 0. The van der Waals surface area contributed by atoms with Crippen molar-refractivity contribution in [1.29, 1.82) is 0 Å². The normalized spacial score (nSPS) is 7.45. The monoisotopic (exact) mass is 326 g/mol. The molecule has 0 aliphatic carbocycles. The van der Waals surface area contributed by atoms with E-state index in [0.717, 1.165) is 0 Å². The van der Waals surface area contributed by atoms with E-state index in [0.29, 0.717) is 0 Å². The molecule has 0 saturated heterocycles. The van der Waals surface area contributed by atoms with Gasteiger partial charge in [0.1, 0.15) is 0 Å².